The molecule has 23 heavy (non-hydrogen) atoms. The molecule has 2 aliphatic heterocycles. The molecule has 0 atom stereocenters. The first-order chi connectivity index (χ1) is 11.2. The maximum absolute atomic E-state index is 12.9. The molecule has 4 rings (SSSR count). The van der Waals surface area contributed by atoms with Crippen molar-refractivity contribution in [1.82, 2.24) is 4.90 Å². The van der Waals surface area contributed by atoms with E-state index >= 15 is 0 Å². The minimum atomic E-state index is 0.0275. The van der Waals surface area contributed by atoms with Gasteiger partial charge in [-0.2, -0.15) is 0 Å². The number of rotatable bonds is 2. The average Bonchev–Trinajstić information content (AvgIpc) is 3.24. The topological polar surface area (TPSA) is 49.6 Å². The Morgan fingerprint density at radius 1 is 0.957 bits per heavy atom. The average molecular weight is 307 g/mol. The minimum Gasteiger partial charge on any atom is -0.398 e. The van der Waals surface area contributed by atoms with Crippen molar-refractivity contribution in [2.45, 2.75) is 25.9 Å². The zero-order valence-electron chi connectivity index (χ0n) is 13.2. The summed E-state index contributed by atoms with van der Waals surface area (Å²) in [7, 11) is 0. The zero-order valence-corrected chi connectivity index (χ0v) is 13.2. The van der Waals surface area contributed by atoms with Gasteiger partial charge in [0.1, 0.15) is 0 Å². The van der Waals surface area contributed by atoms with Crippen LogP contribution >= 0.6 is 0 Å². The Kier molecular flexibility index (Phi) is 3.45. The van der Waals surface area contributed by atoms with Gasteiger partial charge in [0.05, 0.1) is 5.56 Å². The number of carbonyl (C=O) groups excluding carboxylic acids is 1. The summed E-state index contributed by atoms with van der Waals surface area (Å²) in [6.07, 6.45) is 2.43. The molecule has 0 bridgehead atoms. The lowest BCUT2D eigenvalue weighted by atomic mass is 10.1. The van der Waals surface area contributed by atoms with E-state index in [9.17, 15) is 4.79 Å². The fraction of sp³-hybridized carbons (Fsp3) is 0.316. The Bertz CT molecular complexity index is 725. The van der Waals surface area contributed by atoms with Crippen LogP contribution in [0.25, 0.3) is 0 Å². The lowest BCUT2D eigenvalue weighted by molar-refractivity contribution is 0.0752. The highest BCUT2D eigenvalue weighted by Crippen LogP contribution is 2.29. The molecule has 0 saturated carbocycles. The van der Waals surface area contributed by atoms with Gasteiger partial charge < -0.3 is 15.5 Å². The van der Waals surface area contributed by atoms with Crippen LogP contribution in [0.1, 0.15) is 34.3 Å². The van der Waals surface area contributed by atoms with Gasteiger partial charge in [-0.1, -0.05) is 24.3 Å². The molecular weight excluding hydrogens is 286 g/mol. The molecule has 1 amide bonds. The predicted molar refractivity (Wildman–Crippen MR) is 92.3 cm³/mol. The Morgan fingerprint density at radius 2 is 1.61 bits per heavy atom. The summed E-state index contributed by atoms with van der Waals surface area (Å²) in [5.41, 5.74) is 10.9. The van der Waals surface area contributed by atoms with Crippen molar-refractivity contribution in [2.75, 3.05) is 23.7 Å². The normalized spacial score (nSPS) is 16.7. The molecule has 1 fully saturated rings. The van der Waals surface area contributed by atoms with Crippen LogP contribution in [0.5, 0.6) is 0 Å². The molecule has 1 saturated heterocycles. The first kappa shape index (κ1) is 14.1. The van der Waals surface area contributed by atoms with Gasteiger partial charge in [0.2, 0.25) is 0 Å². The van der Waals surface area contributed by atoms with Gasteiger partial charge in [-0.05, 0) is 42.2 Å². The number of amides is 1. The number of nitrogen functional groups attached to an aromatic ring is 1. The van der Waals surface area contributed by atoms with Gasteiger partial charge in [0.15, 0.2) is 0 Å². The number of fused-ring (bicyclic) bond motifs is 1. The summed E-state index contributed by atoms with van der Waals surface area (Å²) >= 11 is 0. The molecule has 0 aliphatic carbocycles. The Balaban J connectivity index is 1.60. The van der Waals surface area contributed by atoms with E-state index in [0.29, 0.717) is 24.3 Å². The van der Waals surface area contributed by atoms with E-state index in [4.69, 9.17) is 5.73 Å². The van der Waals surface area contributed by atoms with Crippen LogP contribution in [0.15, 0.2) is 42.5 Å². The fourth-order valence-electron chi connectivity index (χ4n) is 3.55. The van der Waals surface area contributed by atoms with E-state index in [1.54, 1.807) is 0 Å². The van der Waals surface area contributed by atoms with Crippen LogP contribution in [0.4, 0.5) is 11.4 Å². The molecule has 2 aromatic carbocycles. The monoisotopic (exact) mass is 307 g/mol. The van der Waals surface area contributed by atoms with Crippen LogP contribution in [0.2, 0.25) is 0 Å². The number of benzene rings is 2. The van der Waals surface area contributed by atoms with Crippen molar-refractivity contribution in [1.29, 1.82) is 0 Å². The maximum Gasteiger partial charge on any atom is 0.256 e. The maximum atomic E-state index is 12.9. The second-order valence-corrected chi connectivity index (χ2v) is 6.40. The SMILES string of the molecule is Nc1ccc(N2CCCC2)cc1C(=O)N1Cc2ccccc2C1. The Labute approximate surface area is 136 Å². The molecule has 4 heteroatoms. The third-order valence-corrected chi connectivity index (χ3v) is 4.87. The van der Waals surface area contributed by atoms with E-state index in [-0.39, 0.29) is 5.91 Å². The van der Waals surface area contributed by atoms with Crippen molar-refractivity contribution >= 4 is 17.3 Å². The summed E-state index contributed by atoms with van der Waals surface area (Å²) < 4.78 is 0. The molecule has 2 aromatic rings. The van der Waals surface area contributed by atoms with Crippen LogP contribution in [-0.2, 0) is 13.1 Å². The molecule has 2 N–H and O–H groups in total. The summed E-state index contributed by atoms with van der Waals surface area (Å²) in [6, 6.07) is 14.1. The second-order valence-electron chi connectivity index (χ2n) is 6.40. The quantitative estimate of drug-likeness (QED) is 0.868. The van der Waals surface area contributed by atoms with E-state index in [0.717, 1.165) is 18.8 Å². The predicted octanol–water partition coefficient (Wildman–Crippen LogP) is 3.03. The largest absolute Gasteiger partial charge is 0.398 e. The third kappa shape index (κ3) is 2.54. The van der Waals surface area contributed by atoms with E-state index in [1.165, 1.54) is 24.0 Å². The van der Waals surface area contributed by atoms with E-state index in [2.05, 4.69) is 17.0 Å². The number of carbonyl (C=O) groups is 1. The summed E-state index contributed by atoms with van der Waals surface area (Å²) in [5, 5.41) is 0. The number of nitrogens with zero attached hydrogens (tertiary/aromatic N) is 2. The van der Waals surface area contributed by atoms with Gasteiger partial charge in [-0.25, -0.2) is 0 Å². The lowest BCUT2D eigenvalue weighted by Gasteiger charge is -2.21. The summed E-state index contributed by atoms with van der Waals surface area (Å²) in [5.74, 6) is 0.0275. The van der Waals surface area contributed by atoms with E-state index < -0.39 is 0 Å². The molecular formula is C19H21N3O. The standard InChI is InChI=1S/C19H21N3O/c20-18-8-7-16(21-9-3-4-10-21)11-17(18)19(23)22-12-14-5-1-2-6-15(14)13-22/h1-2,5-8,11H,3-4,9-10,12-13,20H2. The first-order valence-electron chi connectivity index (χ1n) is 8.23. The zero-order chi connectivity index (χ0) is 15.8. The molecule has 118 valence electrons. The van der Waals surface area contributed by atoms with Crippen molar-refractivity contribution in [3.05, 3.63) is 59.2 Å². The van der Waals surface area contributed by atoms with Crippen LogP contribution in [0, 0.1) is 0 Å². The van der Waals surface area contributed by atoms with Gasteiger partial charge in [-0.3, -0.25) is 4.79 Å². The third-order valence-electron chi connectivity index (χ3n) is 4.87. The molecule has 0 spiro atoms. The minimum absolute atomic E-state index is 0.0275. The number of anilines is 2. The smallest absolute Gasteiger partial charge is 0.256 e. The summed E-state index contributed by atoms with van der Waals surface area (Å²) in [4.78, 5) is 17.1. The van der Waals surface area contributed by atoms with Crippen molar-refractivity contribution in [3.8, 4) is 0 Å². The van der Waals surface area contributed by atoms with Gasteiger partial charge in [-0.15, -0.1) is 0 Å². The number of hydrogen-bond donors (Lipinski definition) is 1. The van der Waals surface area contributed by atoms with E-state index in [1.807, 2.05) is 35.2 Å². The molecule has 0 unspecified atom stereocenters. The van der Waals surface area contributed by atoms with Crippen molar-refractivity contribution in [2.24, 2.45) is 0 Å². The van der Waals surface area contributed by atoms with Crippen molar-refractivity contribution in [3.63, 3.8) is 0 Å². The number of hydrogen-bond acceptors (Lipinski definition) is 3. The van der Waals surface area contributed by atoms with Gasteiger partial charge in [0.25, 0.3) is 5.91 Å². The van der Waals surface area contributed by atoms with Crippen LogP contribution in [-0.4, -0.2) is 23.9 Å². The Morgan fingerprint density at radius 3 is 2.26 bits per heavy atom. The second kappa shape index (κ2) is 5.61. The summed E-state index contributed by atoms with van der Waals surface area (Å²) in [6.45, 7) is 3.46. The van der Waals surface area contributed by atoms with Gasteiger partial charge in [0, 0.05) is 37.6 Å². The lowest BCUT2D eigenvalue weighted by Crippen LogP contribution is -2.27. The molecule has 2 aliphatic rings. The highest BCUT2D eigenvalue weighted by molar-refractivity contribution is 6.00. The highest BCUT2D eigenvalue weighted by Gasteiger charge is 2.26. The van der Waals surface area contributed by atoms with Crippen LogP contribution in [0.3, 0.4) is 0 Å². The molecule has 2 heterocycles. The van der Waals surface area contributed by atoms with Crippen LogP contribution < -0.4 is 10.6 Å². The Hall–Kier alpha value is -2.49. The van der Waals surface area contributed by atoms with Gasteiger partial charge >= 0.3 is 0 Å². The highest BCUT2D eigenvalue weighted by atomic mass is 16.2. The molecule has 0 radical (unpaired) electrons. The molecule has 4 nitrogen and oxygen atoms in total. The number of nitrogens with two attached hydrogens (primary N) is 1. The molecule has 0 aromatic heterocycles. The fourth-order valence-corrected chi connectivity index (χ4v) is 3.55. The first-order valence-corrected chi connectivity index (χ1v) is 8.23. The van der Waals surface area contributed by atoms with Crippen molar-refractivity contribution < 1.29 is 4.79 Å².